The van der Waals surface area contributed by atoms with Crippen molar-refractivity contribution < 1.29 is 0 Å². The van der Waals surface area contributed by atoms with Crippen molar-refractivity contribution in [1.29, 1.82) is 0 Å². The molecule has 0 spiro atoms. The Morgan fingerprint density at radius 2 is 1.80 bits per heavy atom. The highest BCUT2D eigenvalue weighted by Crippen LogP contribution is 2.37. The topological polar surface area (TPSA) is 17.8 Å². The standard InChI is InChI=1S/C16H10Cl2N2/c1-20-13-5-3-2-4-10(13)14-15(18)11-8-9(17)6-7-12(11)19-16(14)20/h2-8H,1H3. The smallest absolute Gasteiger partial charge is 0.142 e. The van der Waals surface area contributed by atoms with Crippen molar-refractivity contribution in [1.82, 2.24) is 9.55 Å². The lowest BCUT2D eigenvalue weighted by Crippen LogP contribution is -1.90. The Morgan fingerprint density at radius 1 is 1.00 bits per heavy atom. The van der Waals surface area contributed by atoms with Crippen molar-refractivity contribution in [3.63, 3.8) is 0 Å². The van der Waals surface area contributed by atoms with Gasteiger partial charge in [-0.1, -0.05) is 41.4 Å². The van der Waals surface area contributed by atoms with Gasteiger partial charge in [0.05, 0.1) is 16.1 Å². The Balaban J connectivity index is 2.35. The van der Waals surface area contributed by atoms with Crippen LogP contribution in [0.1, 0.15) is 0 Å². The molecule has 0 saturated carbocycles. The van der Waals surface area contributed by atoms with Gasteiger partial charge in [-0.05, 0) is 24.3 Å². The molecule has 4 heteroatoms. The van der Waals surface area contributed by atoms with Gasteiger partial charge in [-0.25, -0.2) is 4.98 Å². The molecule has 0 aliphatic carbocycles. The minimum atomic E-state index is 0.667. The van der Waals surface area contributed by atoms with Crippen molar-refractivity contribution in [2.75, 3.05) is 0 Å². The molecule has 0 N–H and O–H groups in total. The molecule has 0 atom stereocenters. The second kappa shape index (κ2) is 4.11. The fourth-order valence-electron chi connectivity index (χ4n) is 2.76. The molecule has 2 aromatic carbocycles. The highest BCUT2D eigenvalue weighted by molar-refractivity contribution is 6.43. The van der Waals surface area contributed by atoms with Crippen LogP contribution in [0.2, 0.25) is 10.0 Å². The first-order valence-corrected chi connectivity index (χ1v) is 7.04. The number of halogens is 2. The lowest BCUT2D eigenvalue weighted by Gasteiger charge is -2.04. The first-order chi connectivity index (χ1) is 9.66. The number of aromatic nitrogens is 2. The van der Waals surface area contributed by atoms with E-state index in [9.17, 15) is 0 Å². The van der Waals surface area contributed by atoms with Gasteiger partial charge in [-0.15, -0.1) is 0 Å². The summed E-state index contributed by atoms with van der Waals surface area (Å²) in [5, 5.41) is 4.37. The van der Waals surface area contributed by atoms with E-state index >= 15 is 0 Å². The number of nitrogens with zero attached hydrogens (tertiary/aromatic N) is 2. The summed E-state index contributed by atoms with van der Waals surface area (Å²) in [6.45, 7) is 0. The summed E-state index contributed by atoms with van der Waals surface area (Å²) in [6, 6.07) is 13.8. The van der Waals surface area contributed by atoms with Crippen molar-refractivity contribution in [3.05, 3.63) is 52.5 Å². The maximum Gasteiger partial charge on any atom is 0.142 e. The molecule has 4 rings (SSSR count). The Kier molecular flexibility index (Phi) is 2.47. The number of rotatable bonds is 0. The second-order valence-corrected chi connectivity index (χ2v) is 5.68. The molecule has 0 fully saturated rings. The number of benzene rings is 2. The molecule has 2 nitrogen and oxygen atoms in total. The SMILES string of the molecule is Cn1c2ccccc2c2c(Cl)c3cc(Cl)ccc3nc21. The van der Waals surface area contributed by atoms with E-state index in [0.29, 0.717) is 10.0 Å². The second-order valence-electron chi connectivity index (χ2n) is 4.86. The third-order valence-electron chi connectivity index (χ3n) is 3.72. The molecular formula is C16H10Cl2N2. The lowest BCUT2D eigenvalue weighted by molar-refractivity contribution is 0.994. The predicted molar refractivity (Wildman–Crippen MR) is 85.7 cm³/mol. The van der Waals surface area contributed by atoms with E-state index in [1.165, 1.54) is 0 Å². The van der Waals surface area contributed by atoms with Gasteiger partial charge in [0.25, 0.3) is 0 Å². The first kappa shape index (κ1) is 12.0. The van der Waals surface area contributed by atoms with Gasteiger partial charge in [0.15, 0.2) is 0 Å². The van der Waals surface area contributed by atoms with E-state index < -0.39 is 0 Å². The molecule has 20 heavy (non-hydrogen) atoms. The van der Waals surface area contributed by atoms with Crippen molar-refractivity contribution >= 4 is 56.0 Å². The zero-order chi connectivity index (χ0) is 13.9. The first-order valence-electron chi connectivity index (χ1n) is 6.28. The molecule has 0 aliphatic heterocycles. The van der Waals surface area contributed by atoms with Crippen LogP contribution in [0.5, 0.6) is 0 Å². The number of fused-ring (bicyclic) bond motifs is 4. The van der Waals surface area contributed by atoms with E-state index in [1.54, 1.807) is 0 Å². The van der Waals surface area contributed by atoms with Gasteiger partial charge >= 0.3 is 0 Å². The molecule has 0 aliphatic rings. The van der Waals surface area contributed by atoms with E-state index in [4.69, 9.17) is 28.2 Å². The summed E-state index contributed by atoms with van der Waals surface area (Å²) < 4.78 is 2.07. The Bertz CT molecular complexity index is 986. The monoisotopic (exact) mass is 300 g/mol. The zero-order valence-corrected chi connectivity index (χ0v) is 12.2. The molecular weight excluding hydrogens is 291 g/mol. The fraction of sp³-hybridized carbons (Fsp3) is 0.0625. The summed E-state index contributed by atoms with van der Waals surface area (Å²) in [7, 11) is 2.01. The van der Waals surface area contributed by atoms with E-state index in [2.05, 4.69) is 16.7 Å². The highest BCUT2D eigenvalue weighted by atomic mass is 35.5. The Labute approximate surface area is 125 Å². The van der Waals surface area contributed by atoms with Gasteiger partial charge in [0.1, 0.15) is 5.65 Å². The minimum Gasteiger partial charge on any atom is -0.328 e. The fourth-order valence-corrected chi connectivity index (χ4v) is 3.27. The van der Waals surface area contributed by atoms with Crippen LogP contribution in [-0.4, -0.2) is 9.55 Å². The molecule has 0 amide bonds. The largest absolute Gasteiger partial charge is 0.328 e. The van der Waals surface area contributed by atoms with Crippen LogP contribution in [0.15, 0.2) is 42.5 Å². The molecule has 0 unspecified atom stereocenters. The lowest BCUT2D eigenvalue weighted by atomic mass is 10.1. The van der Waals surface area contributed by atoms with Crippen molar-refractivity contribution in [2.24, 2.45) is 7.05 Å². The minimum absolute atomic E-state index is 0.667. The molecule has 0 radical (unpaired) electrons. The van der Waals surface area contributed by atoms with E-state index in [1.807, 2.05) is 37.4 Å². The van der Waals surface area contributed by atoms with Crippen LogP contribution in [0, 0.1) is 0 Å². The summed E-state index contributed by atoms with van der Waals surface area (Å²) in [4.78, 5) is 4.74. The molecule has 0 saturated heterocycles. The zero-order valence-electron chi connectivity index (χ0n) is 10.7. The van der Waals surface area contributed by atoms with Gasteiger partial charge in [0.2, 0.25) is 0 Å². The van der Waals surface area contributed by atoms with Gasteiger partial charge in [-0.3, -0.25) is 0 Å². The maximum absolute atomic E-state index is 6.63. The molecule has 2 heterocycles. The van der Waals surface area contributed by atoms with Crippen LogP contribution in [-0.2, 0) is 7.05 Å². The normalized spacial score (nSPS) is 11.8. The van der Waals surface area contributed by atoms with E-state index in [0.717, 1.165) is 32.8 Å². The third-order valence-corrected chi connectivity index (χ3v) is 4.34. The Morgan fingerprint density at radius 3 is 2.65 bits per heavy atom. The van der Waals surface area contributed by atoms with Gasteiger partial charge < -0.3 is 4.57 Å². The highest BCUT2D eigenvalue weighted by Gasteiger charge is 2.15. The van der Waals surface area contributed by atoms with E-state index in [-0.39, 0.29) is 0 Å². The third kappa shape index (κ3) is 1.49. The Hall–Kier alpha value is -1.77. The number of hydrogen-bond acceptors (Lipinski definition) is 1. The van der Waals surface area contributed by atoms with Crippen molar-refractivity contribution in [3.8, 4) is 0 Å². The van der Waals surface area contributed by atoms with Gasteiger partial charge in [-0.2, -0.15) is 0 Å². The summed E-state index contributed by atoms with van der Waals surface area (Å²) >= 11 is 12.7. The average molecular weight is 301 g/mol. The molecule has 4 aromatic rings. The summed E-state index contributed by atoms with van der Waals surface area (Å²) in [6.07, 6.45) is 0. The number of aryl methyl sites for hydroxylation is 1. The van der Waals surface area contributed by atoms with Crippen molar-refractivity contribution in [2.45, 2.75) is 0 Å². The summed E-state index contributed by atoms with van der Waals surface area (Å²) in [5.41, 5.74) is 2.88. The number of para-hydroxylation sites is 1. The molecule has 0 bridgehead atoms. The predicted octanol–water partition coefficient (Wildman–Crippen LogP) is 5.19. The average Bonchev–Trinajstić information content (AvgIpc) is 2.74. The van der Waals surface area contributed by atoms with Crippen LogP contribution >= 0.6 is 23.2 Å². The molecule has 2 aromatic heterocycles. The maximum atomic E-state index is 6.63. The number of pyridine rings is 1. The van der Waals surface area contributed by atoms with Crippen LogP contribution in [0.4, 0.5) is 0 Å². The number of hydrogen-bond donors (Lipinski definition) is 0. The van der Waals surface area contributed by atoms with Crippen LogP contribution in [0.25, 0.3) is 32.8 Å². The van der Waals surface area contributed by atoms with Crippen LogP contribution in [0.3, 0.4) is 0 Å². The van der Waals surface area contributed by atoms with Crippen LogP contribution < -0.4 is 0 Å². The molecule has 98 valence electrons. The quantitative estimate of drug-likeness (QED) is 0.437. The van der Waals surface area contributed by atoms with Gasteiger partial charge in [0, 0.05) is 28.2 Å². The summed E-state index contributed by atoms with van der Waals surface area (Å²) in [5.74, 6) is 0.